The first-order valence-electron chi connectivity index (χ1n) is 5.10. The molecule has 92 valence electrons. The number of amides is 1. The van der Waals surface area contributed by atoms with Crippen molar-refractivity contribution >= 4 is 27.8 Å². The van der Waals surface area contributed by atoms with Gasteiger partial charge in [0.15, 0.2) is 0 Å². The van der Waals surface area contributed by atoms with Crippen LogP contribution in [0.2, 0.25) is 0 Å². The maximum Gasteiger partial charge on any atom is 0.394 e. The minimum atomic E-state index is -1.46. The van der Waals surface area contributed by atoms with Gasteiger partial charge in [-0.3, -0.25) is 4.79 Å². The average molecular weight is 300 g/mol. The molecule has 1 aromatic rings. The molecule has 4 nitrogen and oxygen atoms in total. The van der Waals surface area contributed by atoms with Gasteiger partial charge in [-0.05, 0) is 17.7 Å². The zero-order chi connectivity index (χ0) is 13.1. The lowest BCUT2D eigenvalue weighted by molar-refractivity contribution is -0.150. The van der Waals surface area contributed by atoms with Crippen molar-refractivity contribution in [2.75, 3.05) is 6.54 Å². The van der Waals surface area contributed by atoms with Crippen LogP contribution >= 0.6 is 15.9 Å². The average Bonchev–Trinajstić information content (AvgIpc) is 2.26. The third-order valence-corrected chi connectivity index (χ3v) is 3.04. The number of halogens is 1. The Kier molecular flexibility index (Phi) is 4.28. The Hall–Kier alpha value is -1.36. The monoisotopic (exact) mass is 299 g/mol. The fourth-order valence-corrected chi connectivity index (χ4v) is 1.64. The quantitative estimate of drug-likeness (QED) is 0.838. The van der Waals surface area contributed by atoms with Crippen LogP contribution in [0, 0.1) is 0 Å². The number of benzene rings is 1. The molecular weight excluding hydrogens is 286 g/mol. The van der Waals surface area contributed by atoms with Crippen LogP contribution in [0.1, 0.15) is 19.4 Å². The lowest BCUT2D eigenvalue weighted by Gasteiger charge is -2.25. The van der Waals surface area contributed by atoms with Gasteiger partial charge in [-0.15, -0.1) is 0 Å². The van der Waals surface area contributed by atoms with Crippen molar-refractivity contribution in [2.45, 2.75) is 19.3 Å². The van der Waals surface area contributed by atoms with E-state index in [0.717, 1.165) is 10.0 Å². The van der Waals surface area contributed by atoms with Crippen molar-refractivity contribution in [3.05, 3.63) is 34.3 Å². The standard InChI is InChI=1S/C12H14BrNO3/c1-12(2,7-14-10(15)11(16)17)8-3-5-9(13)6-4-8/h3-6H,7H2,1-2H3,(H,14,15)(H,16,17). The lowest BCUT2D eigenvalue weighted by atomic mass is 9.84. The van der Waals surface area contributed by atoms with E-state index in [1.54, 1.807) is 0 Å². The topological polar surface area (TPSA) is 66.4 Å². The summed E-state index contributed by atoms with van der Waals surface area (Å²) in [5.74, 6) is -2.44. The number of carbonyl (C=O) groups is 2. The molecule has 0 unspecified atom stereocenters. The van der Waals surface area contributed by atoms with E-state index < -0.39 is 11.9 Å². The van der Waals surface area contributed by atoms with Gasteiger partial charge in [-0.2, -0.15) is 0 Å². The van der Waals surface area contributed by atoms with Crippen LogP contribution in [0.25, 0.3) is 0 Å². The summed E-state index contributed by atoms with van der Waals surface area (Å²) in [7, 11) is 0. The number of hydrogen-bond donors (Lipinski definition) is 2. The highest BCUT2D eigenvalue weighted by Gasteiger charge is 2.22. The van der Waals surface area contributed by atoms with Gasteiger partial charge < -0.3 is 10.4 Å². The van der Waals surface area contributed by atoms with Gasteiger partial charge in [-0.25, -0.2) is 4.79 Å². The smallest absolute Gasteiger partial charge is 0.394 e. The number of carboxylic acids is 1. The first-order valence-corrected chi connectivity index (χ1v) is 5.89. The van der Waals surface area contributed by atoms with Gasteiger partial charge in [0.2, 0.25) is 0 Å². The Balaban J connectivity index is 2.71. The maximum absolute atomic E-state index is 11.0. The Morgan fingerprint density at radius 2 is 1.82 bits per heavy atom. The Labute approximate surface area is 108 Å². The predicted molar refractivity (Wildman–Crippen MR) is 67.8 cm³/mol. The summed E-state index contributed by atoms with van der Waals surface area (Å²) in [6, 6.07) is 7.71. The molecule has 0 fully saturated rings. The second kappa shape index (κ2) is 5.31. The van der Waals surface area contributed by atoms with Crippen molar-refractivity contribution in [1.29, 1.82) is 0 Å². The number of rotatable bonds is 3. The Morgan fingerprint density at radius 1 is 1.29 bits per heavy atom. The SMILES string of the molecule is CC(C)(CNC(=O)C(=O)O)c1ccc(Br)cc1. The molecule has 5 heteroatoms. The van der Waals surface area contributed by atoms with E-state index in [2.05, 4.69) is 21.2 Å². The van der Waals surface area contributed by atoms with Crippen molar-refractivity contribution in [1.82, 2.24) is 5.32 Å². The molecule has 0 saturated carbocycles. The zero-order valence-corrected chi connectivity index (χ0v) is 11.2. The van der Waals surface area contributed by atoms with Gasteiger partial charge >= 0.3 is 11.9 Å². The summed E-state index contributed by atoms with van der Waals surface area (Å²) in [5.41, 5.74) is 0.720. The molecule has 0 aliphatic heterocycles. The van der Waals surface area contributed by atoms with Crippen molar-refractivity contribution in [3.63, 3.8) is 0 Å². The third kappa shape index (κ3) is 3.85. The maximum atomic E-state index is 11.0. The molecule has 0 atom stereocenters. The van der Waals surface area contributed by atoms with Gasteiger partial charge in [0, 0.05) is 16.4 Å². The predicted octanol–water partition coefficient (Wildman–Crippen LogP) is 1.93. The summed E-state index contributed by atoms with van der Waals surface area (Å²) in [6.45, 7) is 4.16. The van der Waals surface area contributed by atoms with E-state index >= 15 is 0 Å². The lowest BCUT2D eigenvalue weighted by Crippen LogP contribution is -2.39. The van der Waals surface area contributed by atoms with Gasteiger partial charge in [-0.1, -0.05) is 41.9 Å². The number of carbonyl (C=O) groups excluding carboxylic acids is 1. The summed E-state index contributed by atoms with van der Waals surface area (Å²) in [5, 5.41) is 10.9. The van der Waals surface area contributed by atoms with Gasteiger partial charge in [0.05, 0.1) is 0 Å². The zero-order valence-electron chi connectivity index (χ0n) is 9.66. The molecule has 0 aromatic heterocycles. The van der Waals surface area contributed by atoms with Crippen LogP contribution in [-0.4, -0.2) is 23.5 Å². The van der Waals surface area contributed by atoms with Crippen LogP contribution in [0.5, 0.6) is 0 Å². The number of nitrogens with one attached hydrogen (secondary N) is 1. The largest absolute Gasteiger partial charge is 0.474 e. The first kappa shape index (κ1) is 13.7. The third-order valence-electron chi connectivity index (χ3n) is 2.51. The summed E-state index contributed by atoms with van der Waals surface area (Å²) < 4.78 is 0.978. The number of hydrogen-bond acceptors (Lipinski definition) is 2. The molecule has 0 aliphatic rings. The van der Waals surface area contributed by atoms with Crippen molar-refractivity contribution < 1.29 is 14.7 Å². The molecule has 2 N–H and O–H groups in total. The minimum absolute atomic E-state index is 0.278. The summed E-state index contributed by atoms with van der Waals surface area (Å²) >= 11 is 3.35. The summed E-state index contributed by atoms with van der Waals surface area (Å²) in [4.78, 5) is 21.3. The van der Waals surface area contributed by atoms with Gasteiger partial charge in [0.25, 0.3) is 0 Å². The van der Waals surface area contributed by atoms with Crippen LogP contribution in [0.15, 0.2) is 28.7 Å². The molecule has 0 spiro atoms. The number of aliphatic carboxylic acids is 1. The van der Waals surface area contributed by atoms with E-state index in [-0.39, 0.29) is 12.0 Å². The molecule has 0 radical (unpaired) electrons. The molecule has 0 heterocycles. The van der Waals surface area contributed by atoms with Gasteiger partial charge in [0.1, 0.15) is 0 Å². The Morgan fingerprint density at radius 3 is 2.29 bits per heavy atom. The van der Waals surface area contributed by atoms with Crippen LogP contribution < -0.4 is 5.32 Å². The fourth-order valence-electron chi connectivity index (χ4n) is 1.38. The number of carboxylic acid groups (broad SMARTS) is 1. The second-order valence-corrected chi connectivity index (χ2v) is 5.29. The van der Waals surface area contributed by atoms with Crippen LogP contribution in [0.3, 0.4) is 0 Å². The van der Waals surface area contributed by atoms with Crippen LogP contribution in [0.4, 0.5) is 0 Å². The second-order valence-electron chi connectivity index (χ2n) is 4.38. The molecule has 0 aliphatic carbocycles. The van der Waals surface area contributed by atoms with E-state index in [9.17, 15) is 9.59 Å². The highest BCUT2D eigenvalue weighted by atomic mass is 79.9. The molecule has 0 saturated heterocycles. The van der Waals surface area contributed by atoms with E-state index in [1.807, 2.05) is 38.1 Å². The highest BCUT2D eigenvalue weighted by molar-refractivity contribution is 9.10. The molecule has 0 bridgehead atoms. The normalized spacial score (nSPS) is 11.0. The van der Waals surface area contributed by atoms with E-state index in [1.165, 1.54) is 0 Å². The van der Waals surface area contributed by atoms with Crippen molar-refractivity contribution in [3.8, 4) is 0 Å². The van der Waals surface area contributed by atoms with Crippen LogP contribution in [-0.2, 0) is 15.0 Å². The molecule has 1 aromatic carbocycles. The summed E-state index contributed by atoms with van der Waals surface area (Å²) in [6.07, 6.45) is 0. The Bertz CT molecular complexity index is 426. The molecule has 1 amide bonds. The highest BCUT2D eigenvalue weighted by Crippen LogP contribution is 2.23. The van der Waals surface area contributed by atoms with E-state index in [0.29, 0.717) is 0 Å². The minimum Gasteiger partial charge on any atom is -0.474 e. The first-order chi connectivity index (χ1) is 7.83. The molecule has 17 heavy (non-hydrogen) atoms. The molecule has 1 rings (SSSR count). The van der Waals surface area contributed by atoms with Crippen molar-refractivity contribution in [2.24, 2.45) is 0 Å². The molecular formula is C12H14BrNO3. The fraction of sp³-hybridized carbons (Fsp3) is 0.333. The van der Waals surface area contributed by atoms with E-state index in [4.69, 9.17) is 5.11 Å².